The van der Waals surface area contributed by atoms with E-state index in [9.17, 15) is 9.59 Å². The van der Waals surface area contributed by atoms with Crippen LogP contribution in [0.3, 0.4) is 0 Å². The number of ether oxygens (including phenoxy) is 1. The van der Waals surface area contributed by atoms with E-state index in [1.165, 1.54) is 5.56 Å². The lowest BCUT2D eigenvalue weighted by atomic mass is 9.94. The number of ketones is 1. The first-order chi connectivity index (χ1) is 11.6. The molecule has 0 radical (unpaired) electrons. The van der Waals surface area contributed by atoms with Crippen LogP contribution in [-0.4, -0.2) is 18.4 Å². The van der Waals surface area contributed by atoms with Crippen LogP contribution in [0.1, 0.15) is 34.8 Å². The zero-order valence-electron chi connectivity index (χ0n) is 14.1. The normalized spacial score (nSPS) is 12.1. The van der Waals surface area contributed by atoms with Crippen LogP contribution in [0, 0.1) is 12.8 Å². The van der Waals surface area contributed by atoms with Gasteiger partial charge in [-0.1, -0.05) is 72.3 Å². The Balaban J connectivity index is 2.13. The third kappa shape index (κ3) is 4.92. The Bertz CT molecular complexity index is 700. The molecule has 0 aliphatic carbocycles. The third-order valence-electron chi connectivity index (χ3n) is 3.71. The van der Waals surface area contributed by atoms with Gasteiger partial charge >= 0.3 is 5.97 Å². The Labute approximate surface area is 143 Å². The maximum absolute atomic E-state index is 12.6. The summed E-state index contributed by atoms with van der Waals surface area (Å²) >= 11 is 0. The van der Waals surface area contributed by atoms with Gasteiger partial charge in [0.15, 0.2) is 5.78 Å². The van der Waals surface area contributed by atoms with Crippen LogP contribution >= 0.6 is 0 Å². The molecule has 2 rings (SSSR count). The van der Waals surface area contributed by atoms with Crippen LogP contribution in [0.5, 0.6) is 0 Å². The predicted octanol–water partition coefficient (Wildman–Crippen LogP) is 4.46. The predicted molar refractivity (Wildman–Crippen MR) is 95.7 cm³/mol. The van der Waals surface area contributed by atoms with Crippen LogP contribution in [0.4, 0.5) is 0 Å². The second-order valence-corrected chi connectivity index (χ2v) is 5.58. The summed E-state index contributed by atoms with van der Waals surface area (Å²) in [5.74, 6) is -1.49. The van der Waals surface area contributed by atoms with E-state index < -0.39 is 11.9 Å². The van der Waals surface area contributed by atoms with Gasteiger partial charge in [-0.15, -0.1) is 0 Å². The van der Waals surface area contributed by atoms with Crippen molar-refractivity contribution in [1.82, 2.24) is 0 Å². The first-order valence-corrected chi connectivity index (χ1v) is 8.11. The van der Waals surface area contributed by atoms with E-state index in [-0.39, 0.29) is 12.4 Å². The van der Waals surface area contributed by atoms with E-state index in [1.807, 2.05) is 49.4 Å². The molecule has 3 heteroatoms. The number of Topliss-reactive ketones (excluding diaryl/α,β-unsaturated/α-hetero) is 1. The molecule has 2 aromatic carbocycles. The number of hydrogen-bond donors (Lipinski definition) is 0. The molecule has 1 atom stereocenters. The minimum Gasteiger partial charge on any atom is -0.465 e. The van der Waals surface area contributed by atoms with Crippen molar-refractivity contribution < 1.29 is 14.3 Å². The fourth-order valence-electron chi connectivity index (χ4n) is 2.37. The Kier molecular flexibility index (Phi) is 6.50. The zero-order valence-corrected chi connectivity index (χ0v) is 14.1. The number of esters is 1. The molecular weight excluding hydrogens is 300 g/mol. The molecule has 0 N–H and O–H groups in total. The van der Waals surface area contributed by atoms with E-state index in [1.54, 1.807) is 31.2 Å². The van der Waals surface area contributed by atoms with Crippen molar-refractivity contribution in [2.24, 2.45) is 5.92 Å². The first kappa shape index (κ1) is 17.7. The van der Waals surface area contributed by atoms with Gasteiger partial charge in [0.25, 0.3) is 0 Å². The number of carbonyl (C=O) groups is 2. The lowest BCUT2D eigenvalue weighted by Gasteiger charge is -2.12. The van der Waals surface area contributed by atoms with Crippen molar-refractivity contribution in [2.45, 2.75) is 20.3 Å². The van der Waals surface area contributed by atoms with Gasteiger partial charge in [0.2, 0.25) is 0 Å². The summed E-state index contributed by atoms with van der Waals surface area (Å²) in [7, 11) is 0. The maximum Gasteiger partial charge on any atom is 0.317 e. The van der Waals surface area contributed by atoms with Gasteiger partial charge in [-0.25, -0.2) is 0 Å². The third-order valence-corrected chi connectivity index (χ3v) is 3.71. The molecule has 0 aliphatic heterocycles. The fraction of sp³-hybridized carbons (Fsp3) is 0.238. The SMILES string of the molecule is CCOC(=O)C(C/C=C/c1ccc(C)cc1)C(=O)c1ccccc1. The molecular formula is C21H22O3. The minimum atomic E-state index is -0.811. The molecule has 0 saturated heterocycles. The van der Waals surface area contributed by atoms with E-state index in [4.69, 9.17) is 4.74 Å². The second-order valence-electron chi connectivity index (χ2n) is 5.58. The monoisotopic (exact) mass is 322 g/mol. The fourth-order valence-corrected chi connectivity index (χ4v) is 2.37. The standard InChI is InChI=1S/C21H22O3/c1-3-24-21(23)19(20(22)18-9-5-4-6-10-18)11-7-8-17-14-12-16(2)13-15-17/h4-10,12-15,19H,3,11H2,1-2H3/b8-7+. The summed E-state index contributed by atoms with van der Waals surface area (Å²) in [5, 5.41) is 0. The first-order valence-electron chi connectivity index (χ1n) is 8.11. The van der Waals surface area contributed by atoms with Crippen molar-refractivity contribution in [1.29, 1.82) is 0 Å². The van der Waals surface area contributed by atoms with Crippen LogP contribution < -0.4 is 0 Å². The summed E-state index contributed by atoms with van der Waals surface area (Å²) in [6.45, 7) is 4.03. The van der Waals surface area contributed by atoms with Crippen LogP contribution in [0.15, 0.2) is 60.7 Å². The molecule has 2 aromatic rings. The quantitative estimate of drug-likeness (QED) is 0.429. The van der Waals surface area contributed by atoms with E-state index in [0.717, 1.165) is 5.56 Å². The topological polar surface area (TPSA) is 43.4 Å². The Morgan fingerprint density at radius 1 is 1.04 bits per heavy atom. The minimum absolute atomic E-state index is 0.206. The molecule has 0 heterocycles. The number of carbonyl (C=O) groups excluding carboxylic acids is 2. The summed E-state index contributed by atoms with van der Waals surface area (Å²) < 4.78 is 5.07. The Morgan fingerprint density at radius 2 is 1.71 bits per heavy atom. The van der Waals surface area contributed by atoms with Crippen molar-refractivity contribution >= 4 is 17.8 Å². The molecule has 0 bridgehead atoms. The highest BCUT2D eigenvalue weighted by Crippen LogP contribution is 2.16. The summed E-state index contributed by atoms with van der Waals surface area (Å²) in [6, 6.07) is 16.9. The summed E-state index contributed by atoms with van der Waals surface area (Å²) in [6.07, 6.45) is 4.09. The van der Waals surface area contributed by atoms with Gasteiger partial charge in [0.1, 0.15) is 5.92 Å². The Hall–Kier alpha value is -2.68. The van der Waals surface area contributed by atoms with Gasteiger partial charge < -0.3 is 4.74 Å². The van der Waals surface area contributed by atoms with Gasteiger partial charge in [-0.3, -0.25) is 9.59 Å². The van der Waals surface area contributed by atoms with Crippen LogP contribution in [0.2, 0.25) is 0 Å². The molecule has 0 aliphatic rings. The van der Waals surface area contributed by atoms with E-state index in [0.29, 0.717) is 12.0 Å². The van der Waals surface area contributed by atoms with Crippen molar-refractivity contribution in [3.05, 3.63) is 77.4 Å². The molecule has 0 amide bonds. The maximum atomic E-state index is 12.6. The number of rotatable bonds is 7. The highest BCUT2D eigenvalue weighted by atomic mass is 16.5. The molecule has 0 aromatic heterocycles. The van der Waals surface area contributed by atoms with Gasteiger partial charge in [-0.05, 0) is 25.8 Å². The van der Waals surface area contributed by atoms with Crippen LogP contribution in [-0.2, 0) is 9.53 Å². The van der Waals surface area contributed by atoms with E-state index in [2.05, 4.69) is 0 Å². The van der Waals surface area contributed by atoms with Crippen molar-refractivity contribution in [3.63, 3.8) is 0 Å². The summed E-state index contributed by atoms with van der Waals surface area (Å²) in [5.41, 5.74) is 2.76. The highest BCUT2D eigenvalue weighted by molar-refractivity contribution is 6.08. The molecule has 24 heavy (non-hydrogen) atoms. The lowest BCUT2D eigenvalue weighted by Crippen LogP contribution is -2.26. The van der Waals surface area contributed by atoms with Crippen molar-refractivity contribution in [2.75, 3.05) is 6.61 Å². The zero-order chi connectivity index (χ0) is 17.4. The number of allylic oxidation sites excluding steroid dienone is 1. The van der Waals surface area contributed by atoms with Crippen molar-refractivity contribution in [3.8, 4) is 0 Å². The van der Waals surface area contributed by atoms with Gasteiger partial charge in [0.05, 0.1) is 6.61 Å². The lowest BCUT2D eigenvalue weighted by molar-refractivity contribution is -0.146. The average molecular weight is 322 g/mol. The molecule has 0 saturated carbocycles. The van der Waals surface area contributed by atoms with E-state index >= 15 is 0 Å². The highest BCUT2D eigenvalue weighted by Gasteiger charge is 2.27. The summed E-state index contributed by atoms with van der Waals surface area (Å²) in [4.78, 5) is 24.8. The largest absolute Gasteiger partial charge is 0.465 e. The Morgan fingerprint density at radius 3 is 2.33 bits per heavy atom. The molecule has 0 fully saturated rings. The molecule has 0 spiro atoms. The second kappa shape index (κ2) is 8.82. The van der Waals surface area contributed by atoms with Crippen LogP contribution in [0.25, 0.3) is 6.08 Å². The number of hydrogen-bond acceptors (Lipinski definition) is 3. The molecule has 124 valence electrons. The molecule has 1 unspecified atom stereocenters. The smallest absolute Gasteiger partial charge is 0.317 e. The average Bonchev–Trinajstić information content (AvgIpc) is 2.60. The number of benzene rings is 2. The van der Waals surface area contributed by atoms with Gasteiger partial charge in [0, 0.05) is 5.56 Å². The molecule has 3 nitrogen and oxygen atoms in total. The van der Waals surface area contributed by atoms with Gasteiger partial charge in [-0.2, -0.15) is 0 Å². The number of aryl methyl sites for hydroxylation is 1.